The van der Waals surface area contributed by atoms with Crippen molar-refractivity contribution in [2.75, 3.05) is 14.2 Å². The van der Waals surface area contributed by atoms with E-state index in [0.29, 0.717) is 47.3 Å². The van der Waals surface area contributed by atoms with E-state index in [9.17, 15) is 19.2 Å². The molecule has 4 heterocycles. The maximum absolute atomic E-state index is 14.5. The number of nitrogens with one attached hydrogen (secondary N) is 4. The molecule has 14 heteroatoms. The van der Waals surface area contributed by atoms with Crippen LogP contribution in [0.25, 0.3) is 22.1 Å². The lowest BCUT2D eigenvalue weighted by Gasteiger charge is -2.42. The Balaban J connectivity index is 0.802. The Kier molecular flexibility index (Phi) is 14.8. The number of nitrogens with zero attached hydrogens (tertiary/aromatic N) is 4. The van der Waals surface area contributed by atoms with Crippen molar-refractivity contribution in [3.63, 3.8) is 0 Å². The fourth-order valence-electron chi connectivity index (χ4n) is 16.2. The lowest BCUT2D eigenvalue weighted by molar-refractivity contribution is -0.139. The number of H-pyrrole nitrogens is 2. The molecule has 10 atom stereocenters. The lowest BCUT2D eigenvalue weighted by atomic mass is 9.63. The van der Waals surface area contributed by atoms with Crippen LogP contribution in [0.2, 0.25) is 0 Å². The van der Waals surface area contributed by atoms with Crippen LogP contribution >= 0.6 is 0 Å². The molecule has 8 aliphatic carbocycles. The number of methoxy groups -OCH3 is 2. The van der Waals surface area contributed by atoms with Gasteiger partial charge in [0.05, 0.1) is 48.4 Å². The van der Waals surface area contributed by atoms with Gasteiger partial charge in [-0.1, -0.05) is 91.2 Å². The molecule has 14 nitrogen and oxygen atoms in total. The number of fused-ring (bicyclic) bond motifs is 4. The van der Waals surface area contributed by atoms with Crippen molar-refractivity contribution in [3.8, 4) is 0 Å². The highest BCUT2D eigenvalue weighted by Crippen LogP contribution is 2.52. The molecule has 0 radical (unpaired) electrons. The first-order valence-electron chi connectivity index (χ1n) is 29.2. The summed E-state index contributed by atoms with van der Waals surface area (Å²) in [7, 11) is 2.70. The van der Waals surface area contributed by atoms with Crippen molar-refractivity contribution < 1.29 is 28.7 Å². The zero-order valence-corrected chi connectivity index (χ0v) is 45.1. The first-order chi connectivity index (χ1) is 35.8. The zero-order chi connectivity index (χ0) is 51.4. The van der Waals surface area contributed by atoms with E-state index in [-0.39, 0.29) is 47.8 Å². The Morgan fingerprint density at radius 2 is 0.919 bits per heavy atom. The second-order valence-electron chi connectivity index (χ2n) is 25.0. The van der Waals surface area contributed by atoms with Gasteiger partial charge in [-0.25, -0.2) is 19.6 Å². The summed E-state index contributed by atoms with van der Waals surface area (Å²) in [5.41, 5.74) is 6.93. The Morgan fingerprint density at radius 3 is 1.30 bits per heavy atom. The van der Waals surface area contributed by atoms with Crippen LogP contribution in [0, 0.1) is 47.3 Å². The van der Waals surface area contributed by atoms with E-state index in [1.807, 2.05) is 27.7 Å². The molecule has 2 aromatic carbocycles. The van der Waals surface area contributed by atoms with Crippen molar-refractivity contribution >= 4 is 46.1 Å². The maximum Gasteiger partial charge on any atom is 0.407 e. The van der Waals surface area contributed by atoms with Crippen molar-refractivity contribution in [2.45, 2.75) is 204 Å². The second kappa shape index (κ2) is 21.5. The number of hydrogen-bond acceptors (Lipinski definition) is 8. The van der Waals surface area contributed by atoms with Gasteiger partial charge < -0.3 is 39.9 Å². The normalized spacial score (nSPS) is 31.9. The topological polar surface area (TPSA) is 175 Å². The quantitative estimate of drug-likeness (QED) is 0.121. The molecule has 10 aliphatic rings. The van der Waals surface area contributed by atoms with Crippen molar-refractivity contribution in [2.24, 2.45) is 47.3 Å². The van der Waals surface area contributed by atoms with Crippen LogP contribution < -0.4 is 10.6 Å². The number of aromatic nitrogens is 4. The van der Waals surface area contributed by atoms with Gasteiger partial charge in [0.1, 0.15) is 23.7 Å². The van der Waals surface area contributed by atoms with Crippen LogP contribution in [0.3, 0.4) is 0 Å². The van der Waals surface area contributed by atoms with Gasteiger partial charge in [-0.3, -0.25) is 9.59 Å². The number of carbonyl (C=O) groups is 4. The van der Waals surface area contributed by atoms with Gasteiger partial charge in [0.25, 0.3) is 0 Å². The van der Waals surface area contributed by atoms with E-state index in [2.05, 4.69) is 66.8 Å². The van der Waals surface area contributed by atoms with Crippen molar-refractivity contribution in [1.82, 2.24) is 40.4 Å². The van der Waals surface area contributed by atoms with Gasteiger partial charge in [0.2, 0.25) is 11.8 Å². The van der Waals surface area contributed by atoms with Gasteiger partial charge in [-0.05, 0) is 172 Å². The molecular weight excluding hydrogens is 929 g/mol. The van der Waals surface area contributed by atoms with Crippen LogP contribution in [-0.4, -0.2) is 92.1 Å². The Hall–Kier alpha value is -5.14. The number of hydrogen-bond donors (Lipinski definition) is 4. The van der Waals surface area contributed by atoms with Gasteiger partial charge in [-0.2, -0.15) is 0 Å². The Bertz CT molecular complexity index is 2500. The Morgan fingerprint density at radius 1 is 0.527 bits per heavy atom. The summed E-state index contributed by atoms with van der Waals surface area (Å²) >= 11 is 0. The average molecular weight is 1010 g/mol. The highest BCUT2D eigenvalue weighted by Gasteiger charge is 2.50. The fraction of sp³-hybridized carbons (Fsp3) is 0.700. The number of rotatable bonds is 10. The number of aromatic amines is 2. The van der Waals surface area contributed by atoms with E-state index in [4.69, 9.17) is 19.4 Å². The number of benzene rings is 2. The third-order valence-electron chi connectivity index (χ3n) is 20.1. The predicted octanol–water partition coefficient (Wildman–Crippen LogP) is 12.1. The molecule has 4 bridgehead atoms. The first kappa shape index (κ1) is 51.0. The van der Waals surface area contributed by atoms with Crippen LogP contribution in [0.5, 0.6) is 0 Å². The molecule has 2 saturated heterocycles. The molecule has 0 spiro atoms. The molecule has 74 heavy (non-hydrogen) atoms. The average Bonchev–Trinajstić information content (AvgIpc) is 4.21. The standard InChI is InChI=1S/C60H84N8O6/c1-33(2)53(65-59(71)73-5)57(69)67-49-13-9-7-11-41(49)31-51(67)55-61-45-25-23-39(29-47(45)63-55)43-27-35-15-19-37(43)21-17-36-16-20-38(22-18-35)44(28-36)40-24-26-46-48(30-40)64-56(62-46)52-32-42-12-8-10-14-50(42)68(52)58(70)54(34(3)4)66-60(72)74-6/h23-26,29-30,33-38,41-44,49-54H,7-22,27-28,31-32H2,1-6H3,(H,61,63)(H,62,64)(H,65,71)(H,66,72)/t35-,36?,37?,38+,41-,42-,43+,44+,49-,50-,51-,52-,53-,54-/m0/s1. The van der Waals surface area contributed by atoms with Crippen molar-refractivity contribution in [3.05, 3.63) is 59.2 Å². The minimum absolute atomic E-state index is 0.0318. The van der Waals surface area contributed by atoms with Crippen LogP contribution in [0.15, 0.2) is 36.4 Å². The van der Waals surface area contributed by atoms with Gasteiger partial charge in [0.15, 0.2) is 0 Å². The summed E-state index contributed by atoms with van der Waals surface area (Å²) in [5.74, 6) is 6.12. The Labute approximate surface area is 438 Å². The lowest BCUT2D eigenvalue weighted by Crippen LogP contribution is -2.53. The molecule has 14 rings (SSSR count). The van der Waals surface area contributed by atoms with E-state index in [1.54, 1.807) is 0 Å². The second-order valence-corrected chi connectivity index (χ2v) is 25.0. The van der Waals surface area contributed by atoms with Gasteiger partial charge >= 0.3 is 12.2 Å². The van der Waals surface area contributed by atoms with Crippen LogP contribution in [0.1, 0.15) is 203 Å². The number of imidazole rings is 2. The van der Waals surface area contributed by atoms with E-state index < -0.39 is 24.3 Å². The highest BCUT2D eigenvalue weighted by molar-refractivity contribution is 5.88. The smallest absolute Gasteiger partial charge is 0.407 e. The minimum Gasteiger partial charge on any atom is -0.453 e. The highest BCUT2D eigenvalue weighted by atomic mass is 16.5. The summed E-state index contributed by atoms with van der Waals surface area (Å²) < 4.78 is 9.91. The molecule has 4 N–H and O–H groups in total. The summed E-state index contributed by atoms with van der Waals surface area (Å²) in [6.07, 6.45) is 22.2. The molecule has 4 amide bonds. The monoisotopic (exact) mass is 1010 g/mol. The summed E-state index contributed by atoms with van der Waals surface area (Å²) in [6, 6.07) is 12.7. The molecular formula is C60H84N8O6. The molecule has 2 aromatic heterocycles. The minimum atomic E-state index is -0.665. The van der Waals surface area contributed by atoms with E-state index in [0.717, 1.165) is 85.1 Å². The van der Waals surface area contributed by atoms with E-state index >= 15 is 0 Å². The SMILES string of the molecule is COC(=O)N[C@H](C(=O)N1[C@H](c2nc3ccc([C@@H]4C[C@H]5CCC4CCC4CC[C@H](CC5)[C@H](c5ccc6nc([C@@H]7C[C@@H]8CCCC[C@@H]8N7C(=O)[C@@H](NC(=O)OC)C(C)C)[nH]c6c5)C4)cc3[nH]2)C[C@@H]2CCCC[C@@H]21)C(C)C. The first-order valence-corrected chi connectivity index (χ1v) is 29.2. The molecule has 400 valence electrons. The third-order valence-corrected chi connectivity index (χ3v) is 20.1. The van der Waals surface area contributed by atoms with Gasteiger partial charge in [0, 0.05) is 12.1 Å². The molecule has 2 aliphatic heterocycles. The van der Waals surface area contributed by atoms with Gasteiger partial charge in [-0.15, -0.1) is 0 Å². The van der Waals surface area contributed by atoms with E-state index in [1.165, 1.54) is 102 Å². The zero-order valence-electron chi connectivity index (χ0n) is 45.1. The summed E-state index contributed by atoms with van der Waals surface area (Å²) in [5, 5.41) is 5.73. The third kappa shape index (κ3) is 9.93. The number of likely N-dealkylation sites (tertiary alicyclic amines) is 2. The van der Waals surface area contributed by atoms with Crippen LogP contribution in [-0.2, 0) is 19.1 Å². The number of carbonyl (C=O) groups excluding carboxylic acids is 4. The molecule has 0 unspecified atom stereocenters. The predicted molar refractivity (Wildman–Crippen MR) is 286 cm³/mol. The van der Waals surface area contributed by atoms with Crippen LogP contribution in [0.4, 0.5) is 9.59 Å². The van der Waals surface area contributed by atoms with Crippen molar-refractivity contribution in [1.29, 1.82) is 0 Å². The number of amides is 4. The number of ether oxygens (including phenoxy) is 2. The largest absolute Gasteiger partial charge is 0.453 e. The molecule has 8 saturated carbocycles. The number of alkyl carbamates (subject to hydrolysis) is 2. The summed E-state index contributed by atoms with van der Waals surface area (Å²) in [6.45, 7) is 7.94. The molecule has 10 fully saturated rings. The molecule has 4 aromatic rings. The summed E-state index contributed by atoms with van der Waals surface area (Å²) in [4.78, 5) is 76.1. The fourth-order valence-corrected chi connectivity index (χ4v) is 16.2. The maximum atomic E-state index is 14.5.